The predicted octanol–water partition coefficient (Wildman–Crippen LogP) is 5.68. The quantitative estimate of drug-likeness (QED) is 0.374. The van der Waals surface area contributed by atoms with E-state index in [0.717, 1.165) is 10.5 Å². The van der Waals surface area contributed by atoms with Crippen LogP contribution < -0.4 is 20.3 Å². The Morgan fingerprint density at radius 2 is 1.75 bits per heavy atom. The molecular weight excluding hydrogens is 525 g/mol. The van der Waals surface area contributed by atoms with Gasteiger partial charge in [0.15, 0.2) is 0 Å². The maximum Gasteiger partial charge on any atom is 0.283 e. The zero-order valence-corrected chi connectivity index (χ0v) is 21.5. The van der Waals surface area contributed by atoms with Gasteiger partial charge in [-0.1, -0.05) is 53.0 Å². The van der Waals surface area contributed by atoms with E-state index in [-0.39, 0.29) is 28.9 Å². The summed E-state index contributed by atoms with van der Waals surface area (Å²) in [7, 11) is 1.45. The molecule has 0 aromatic heterocycles. The topological polar surface area (TPSA) is 87.7 Å². The summed E-state index contributed by atoms with van der Waals surface area (Å²) in [5.41, 5.74) is 2.47. The molecule has 3 amide bonds. The molecule has 3 aromatic rings. The molecule has 2 N–H and O–H groups in total. The molecule has 1 aliphatic heterocycles. The molecule has 4 rings (SSSR count). The van der Waals surface area contributed by atoms with Crippen molar-refractivity contribution in [2.24, 2.45) is 0 Å². The molecule has 1 aliphatic rings. The van der Waals surface area contributed by atoms with Crippen LogP contribution >= 0.6 is 34.8 Å². The second kappa shape index (κ2) is 10.6. The maximum absolute atomic E-state index is 13.2. The Morgan fingerprint density at radius 3 is 2.47 bits per heavy atom. The first kappa shape index (κ1) is 25.6. The van der Waals surface area contributed by atoms with Crippen LogP contribution in [0.15, 0.2) is 71.4 Å². The van der Waals surface area contributed by atoms with Crippen LogP contribution in [0.3, 0.4) is 0 Å². The first-order valence-corrected chi connectivity index (χ1v) is 11.9. The van der Waals surface area contributed by atoms with Gasteiger partial charge in [0.2, 0.25) is 0 Å². The van der Waals surface area contributed by atoms with Gasteiger partial charge in [-0.25, -0.2) is 4.90 Å². The smallest absolute Gasteiger partial charge is 0.283 e. The number of methoxy groups -OCH3 is 1. The van der Waals surface area contributed by atoms with E-state index in [2.05, 4.69) is 10.6 Å². The maximum atomic E-state index is 13.2. The Balaban J connectivity index is 1.51. The minimum Gasteiger partial charge on any atom is -0.495 e. The fraction of sp³-hybridized carbons (Fsp3) is 0.115. The number of ether oxygens (including phenoxy) is 1. The lowest BCUT2D eigenvalue weighted by Gasteiger charge is -2.18. The van der Waals surface area contributed by atoms with Gasteiger partial charge in [0.1, 0.15) is 16.5 Å². The van der Waals surface area contributed by atoms with Crippen molar-refractivity contribution >= 4 is 63.9 Å². The molecule has 1 heterocycles. The van der Waals surface area contributed by atoms with Gasteiger partial charge < -0.3 is 15.4 Å². The predicted molar refractivity (Wildman–Crippen MR) is 141 cm³/mol. The van der Waals surface area contributed by atoms with Gasteiger partial charge in [-0.3, -0.25) is 14.4 Å². The van der Waals surface area contributed by atoms with Crippen molar-refractivity contribution in [3.05, 3.63) is 98.1 Å². The van der Waals surface area contributed by atoms with Gasteiger partial charge in [0.25, 0.3) is 17.7 Å². The number of rotatable bonds is 7. The zero-order chi connectivity index (χ0) is 26.0. The molecule has 0 fully saturated rings. The molecule has 10 heteroatoms. The van der Waals surface area contributed by atoms with Crippen molar-refractivity contribution in [2.45, 2.75) is 13.5 Å². The van der Waals surface area contributed by atoms with Crippen molar-refractivity contribution in [3.63, 3.8) is 0 Å². The average molecular weight is 545 g/mol. The van der Waals surface area contributed by atoms with E-state index in [4.69, 9.17) is 39.5 Å². The van der Waals surface area contributed by atoms with Crippen LogP contribution in [0.4, 0.5) is 11.4 Å². The SMILES string of the molecule is COc1ccc(C)cc1N1C(=O)C(Cl)=C(Nc2cccc(C(=O)NCc3ccc(Cl)cc3Cl)c2)C1=O. The zero-order valence-electron chi connectivity index (χ0n) is 19.2. The fourth-order valence-corrected chi connectivity index (χ4v) is 4.32. The van der Waals surface area contributed by atoms with Crippen LogP contribution in [0.5, 0.6) is 5.75 Å². The third-order valence-corrected chi connectivity index (χ3v) is 6.39. The number of carbonyl (C=O) groups excluding carboxylic acids is 3. The fourth-order valence-electron chi connectivity index (χ4n) is 3.63. The van der Waals surface area contributed by atoms with E-state index >= 15 is 0 Å². The van der Waals surface area contributed by atoms with E-state index in [1.54, 1.807) is 60.7 Å². The number of hydrogen-bond donors (Lipinski definition) is 2. The number of carbonyl (C=O) groups is 3. The normalized spacial score (nSPS) is 13.3. The summed E-state index contributed by atoms with van der Waals surface area (Å²) in [6.45, 7) is 2.03. The summed E-state index contributed by atoms with van der Waals surface area (Å²) in [6.07, 6.45) is 0. The molecule has 0 aliphatic carbocycles. The monoisotopic (exact) mass is 543 g/mol. The van der Waals surface area contributed by atoms with Crippen molar-refractivity contribution in [3.8, 4) is 5.75 Å². The van der Waals surface area contributed by atoms with E-state index in [1.807, 2.05) is 6.92 Å². The van der Waals surface area contributed by atoms with Gasteiger partial charge in [-0.2, -0.15) is 0 Å². The molecule has 3 aromatic carbocycles. The molecular formula is C26H20Cl3N3O4. The molecule has 0 spiro atoms. The Kier molecular flexibility index (Phi) is 7.54. The number of imide groups is 1. The minimum atomic E-state index is -0.679. The molecule has 0 radical (unpaired) electrons. The average Bonchev–Trinajstić information content (AvgIpc) is 3.06. The lowest BCUT2D eigenvalue weighted by atomic mass is 10.1. The highest BCUT2D eigenvalue weighted by Crippen LogP contribution is 2.36. The Bertz CT molecular complexity index is 1420. The van der Waals surface area contributed by atoms with Gasteiger partial charge >= 0.3 is 0 Å². The molecule has 184 valence electrons. The second-order valence-electron chi connectivity index (χ2n) is 7.93. The largest absolute Gasteiger partial charge is 0.495 e. The highest BCUT2D eigenvalue weighted by atomic mass is 35.5. The number of halogens is 3. The first-order chi connectivity index (χ1) is 17.2. The van der Waals surface area contributed by atoms with Crippen molar-refractivity contribution in [2.75, 3.05) is 17.3 Å². The van der Waals surface area contributed by atoms with E-state index in [0.29, 0.717) is 32.6 Å². The van der Waals surface area contributed by atoms with Gasteiger partial charge in [0, 0.05) is 27.8 Å². The molecule has 0 saturated heterocycles. The van der Waals surface area contributed by atoms with Gasteiger partial charge in [0.05, 0.1) is 12.8 Å². The Labute approximate surface area is 222 Å². The number of nitrogens with zero attached hydrogens (tertiary/aromatic N) is 1. The molecule has 0 bridgehead atoms. The van der Waals surface area contributed by atoms with Crippen LogP contribution in [0.25, 0.3) is 0 Å². The van der Waals surface area contributed by atoms with Crippen LogP contribution in [-0.4, -0.2) is 24.8 Å². The summed E-state index contributed by atoms with van der Waals surface area (Å²) >= 11 is 18.3. The Hall–Kier alpha value is -3.52. The first-order valence-electron chi connectivity index (χ1n) is 10.7. The van der Waals surface area contributed by atoms with E-state index in [1.165, 1.54) is 7.11 Å². The lowest BCUT2D eigenvalue weighted by molar-refractivity contribution is -0.120. The van der Waals surface area contributed by atoms with E-state index < -0.39 is 11.8 Å². The number of hydrogen-bond acceptors (Lipinski definition) is 5. The van der Waals surface area contributed by atoms with Gasteiger partial charge in [-0.05, 0) is 60.5 Å². The summed E-state index contributed by atoms with van der Waals surface area (Å²) in [5.74, 6) is -1.32. The summed E-state index contributed by atoms with van der Waals surface area (Å²) in [4.78, 5) is 39.7. The number of benzene rings is 3. The number of aryl methyl sites for hydroxylation is 1. The Morgan fingerprint density at radius 1 is 0.972 bits per heavy atom. The molecule has 0 saturated carbocycles. The molecule has 0 unspecified atom stereocenters. The van der Waals surface area contributed by atoms with Crippen LogP contribution in [0.2, 0.25) is 10.0 Å². The van der Waals surface area contributed by atoms with E-state index in [9.17, 15) is 14.4 Å². The summed E-state index contributed by atoms with van der Waals surface area (Å²) in [5, 5.41) is 6.35. The summed E-state index contributed by atoms with van der Waals surface area (Å²) in [6, 6.07) is 16.6. The third kappa shape index (κ3) is 5.18. The highest BCUT2D eigenvalue weighted by Gasteiger charge is 2.40. The minimum absolute atomic E-state index is 0.101. The number of anilines is 2. The molecule has 0 atom stereocenters. The van der Waals surface area contributed by atoms with Crippen LogP contribution in [0.1, 0.15) is 21.5 Å². The molecule has 7 nitrogen and oxygen atoms in total. The summed E-state index contributed by atoms with van der Waals surface area (Å²) < 4.78 is 5.32. The van der Waals surface area contributed by atoms with Crippen LogP contribution in [-0.2, 0) is 16.1 Å². The van der Waals surface area contributed by atoms with Gasteiger partial charge in [-0.15, -0.1) is 0 Å². The standard InChI is InChI=1S/C26H20Cl3N3O4/c1-14-6-9-21(36-2)20(10-14)32-25(34)22(29)23(26(32)35)31-18-5-3-4-15(11-18)24(33)30-13-16-7-8-17(27)12-19(16)28/h3-12,31H,13H2,1-2H3,(H,30,33). The third-order valence-electron chi connectivity index (χ3n) is 5.45. The van der Waals surface area contributed by atoms with Crippen molar-refractivity contribution in [1.29, 1.82) is 0 Å². The lowest BCUT2D eigenvalue weighted by Crippen LogP contribution is -2.32. The van der Waals surface area contributed by atoms with Crippen molar-refractivity contribution in [1.82, 2.24) is 5.32 Å². The number of nitrogens with one attached hydrogen (secondary N) is 2. The molecule has 36 heavy (non-hydrogen) atoms. The van der Waals surface area contributed by atoms with Crippen LogP contribution in [0, 0.1) is 6.92 Å². The van der Waals surface area contributed by atoms with Crippen molar-refractivity contribution < 1.29 is 19.1 Å². The highest BCUT2D eigenvalue weighted by molar-refractivity contribution is 6.53. The second-order valence-corrected chi connectivity index (χ2v) is 9.16. The number of amides is 3.